The van der Waals surface area contributed by atoms with Crippen LogP contribution in [-0.2, 0) is 19.4 Å². The topological polar surface area (TPSA) is 77.1 Å². The zero-order valence-corrected chi connectivity index (χ0v) is 17.2. The highest BCUT2D eigenvalue weighted by atomic mass is 32.2. The third kappa shape index (κ3) is 3.81. The number of nitrogens with zero attached hydrogens (tertiary/aromatic N) is 5. The molecule has 0 atom stereocenters. The summed E-state index contributed by atoms with van der Waals surface area (Å²) in [6.07, 6.45) is 4.76. The lowest BCUT2D eigenvalue weighted by atomic mass is 10.2. The number of aromatic nitrogens is 4. The van der Waals surface area contributed by atoms with Crippen LogP contribution in [0.4, 0.5) is 0 Å². The lowest BCUT2D eigenvalue weighted by Crippen LogP contribution is -2.25. The molecule has 0 fully saturated rings. The van der Waals surface area contributed by atoms with Crippen LogP contribution in [0.2, 0.25) is 0 Å². The Kier molecular flexibility index (Phi) is 5.60. The number of hydrogen-bond donors (Lipinski definition) is 0. The van der Waals surface area contributed by atoms with Gasteiger partial charge in [0.05, 0.1) is 11.7 Å². The molecule has 3 aromatic rings. The van der Waals surface area contributed by atoms with Gasteiger partial charge in [0.1, 0.15) is 11.4 Å². The Balaban J connectivity index is 1.46. The molecule has 0 bridgehead atoms. The van der Waals surface area contributed by atoms with Crippen LogP contribution in [0, 0.1) is 0 Å². The molecule has 0 aliphatic heterocycles. The first-order valence-electron chi connectivity index (χ1n) is 9.36. The van der Waals surface area contributed by atoms with E-state index in [0.717, 1.165) is 54.9 Å². The molecule has 1 aliphatic carbocycles. The summed E-state index contributed by atoms with van der Waals surface area (Å²) in [5, 5.41) is 9.52. The smallest absolute Gasteiger partial charge is 0.276 e. The third-order valence-electron chi connectivity index (χ3n) is 4.97. The van der Waals surface area contributed by atoms with Gasteiger partial charge in [-0.2, -0.15) is 0 Å². The van der Waals surface area contributed by atoms with Crippen molar-refractivity contribution in [1.82, 2.24) is 24.6 Å². The summed E-state index contributed by atoms with van der Waals surface area (Å²) in [6.45, 7) is 7.64. The Morgan fingerprint density at radius 1 is 1.30 bits per heavy atom. The normalized spacial score (nSPS) is 13.7. The number of rotatable bonds is 8. The number of hydrogen-bond acceptors (Lipinski definition) is 8. The van der Waals surface area contributed by atoms with Gasteiger partial charge in [-0.25, -0.2) is 4.98 Å². The highest BCUT2D eigenvalue weighted by Crippen LogP contribution is 2.34. The minimum atomic E-state index is -0.00617. The molecule has 1 aliphatic rings. The summed E-state index contributed by atoms with van der Waals surface area (Å²) in [7, 11) is 0. The molecule has 3 heterocycles. The molecule has 0 spiro atoms. The highest BCUT2D eigenvalue weighted by Gasteiger charge is 2.21. The number of fused-ring (bicyclic) bond motifs is 3. The van der Waals surface area contributed by atoms with Crippen LogP contribution in [0.3, 0.4) is 0 Å². The molecule has 0 amide bonds. The van der Waals surface area contributed by atoms with Crippen molar-refractivity contribution in [2.75, 3.05) is 25.4 Å². The van der Waals surface area contributed by atoms with Crippen LogP contribution in [-0.4, -0.2) is 50.0 Å². The van der Waals surface area contributed by atoms with Crippen molar-refractivity contribution >= 4 is 33.3 Å². The van der Waals surface area contributed by atoms with Crippen LogP contribution in [0.15, 0.2) is 20.8 Å². The summed E-state index contributed by atoms with van der Waals surface area (Å²) in [5.41, 5.74) is 1.19. The standard InChI is InChI=1S/C18H23N5O2S2/c1-3-22(4-2)8-9-26-18-21-20-14(25-18)10-23-11-19-16-15(17(23)24)12-6-5-7-13(12)27-16/h11H,3-10H2,1-2H3. The average Bonchev–Trinajstić information content (AvgIpc) is 3.37. The Bertz CT molecular complexity index is 989. The van der Waals surface area contributed by atoms with Gasteiger partial charge in [-0.3, -0.25) is 9.36 Å². The summed E-state index contributed by atoms with van der Waals surface area (Å²) in [4.78, 5) is 21.9. The van der Waals surface area contributed by atoms with E-state index in [9.17, 15) is 4.79 Å². The lowest BCUT2D eigenvalue weighted by molar-refractivity contribution is 0.323. The third-order valence-corrected chi connectivity index (χ3v) is 6.97. The van der Waals surface area contributed by atoms with E-state index in [0.29, 0.717) is 11.1 Å². The van der Waals surface area contributed by atoms with E-state index in [1.807, 2.05) is 0 Å². The quantitative estimate of drug-likeness (QED) is 0.533. The first kappa shape index (κ1) is 18.6. The van der Waals surface area contributed by atoms with E-state index < -0.39 is 0 Å². The van der Waals surface area contributed by atoms with Crippen LogP contribution in [0.25, 0.3) is 10.2 Å². The maximum atomic E-state index is 12.9. The van der Waals surface area contributed by atoms with Crippen molar-refractivity contribution in [3.05, 3.63) is 33.0 Å². The second kappa shape index (κ2) is 8.12. The Hall–Kier alpha value is -1.71. The average molecular weight is 406 g/mol. The highest BCUT2D eigenvalue weighted by molar-refractivity contribution is 7.99. The van der Waals surface area contributed by atoms with Gasteiger partial charge in [-0.1, -0.05) is 25.6 Å². The molecular formula is C18H23N5O2S2. The second-order valence-corrected chi connectivity index (χ2v) is 8.68. The van der Waals surface area contributed by atoms with Crippen molar-refractivity contribution in [1.29, 1.82) is 0 Å². The molecule has 3 aromatic heterocycles. The minimum Gasteiger partial charge on any atom is -0.414 e. The molecule has 0 saturated heterocycles. The first-order chi connectivity index (χ1) is 13.2. The van der Waals surface area contributed by atoms with E-state index in [4.69, 9.17) is 4.42 Å². The molecule has 7 nitrogen and oxygen atoms in total. The van der Waals surface area contributed by atoms with Gasteiger partial charge in [0, 0.05) is 17.2 Å². The molecule has 144 valence electrons. The summed E-state index contributed by atoms with van der Waals surface area (Å²) >= 11 is 3.20. The van der Waals surface area contributed by atoms with Gasteiger partial charge in [-0.15, -0.1) is 21.5 Å². The number of thiophene rings is 1. The zero-order valence-electron chi connectivity index (χ0n) is 15.6. The van der Waals surface area contributed by atoms with E-state index in [1.54, 1.807) is 34.0 Å². The monoisotopic (exact) mass is 405 g/mol. The predicted octanol–water partition coefficient (Wildman–Crippen LogP) is 2.81. The Morgan fingerprint density at radius 2 is 2.15 bits per heavy atom. The fraction of sp³-hybridized carbons (Fsp3) is 0.556. The molecule has 0 radical (unpaired) electrons. The Morgan fingerprint density at radius 3 is 2.96 bits per heavy atom. The van der Waals surface area contributed by atoms with Crippen molar-refractivity contribution in [2.45, 2.75) is 44.9 Å². The lowest BCUT2D eigenvalue weighted by Gasteiger charge is -2.16. The van der Waals surface area contributed by atoms with Crippen LogP contribution in [0.5, 0.6) is 0 Å². The van der Waals surface area contributed by atoms with Crippen LogP contribution in [0.1, 0.15) is 36.6 Å². The second-order valence-electron chi connectivity index (χ2n) is 6.55. The van der Waals surface area contributed by atoms with E-state index >= 15 is 0 Å². The maximum absolute atomic E-state index is 12.9. The van der Waals surface area contributed by atoms with E-state index in [-0.39, 0.29) is 12.1 Å². The summed E-state index contributed by atoms with van der Waals surface area (Å²) in [5.74, 6) is 1.34. The van der Waals surface area contributed by atoms with Gasteiger partial charge in [0.15, 0.2) is 0 Å². The zero-order chi connectivity index (χ0) is 18.8. The summed E-state index contributed by atoms with van der Waals surface area (Å²) < 4.78 is 7.29. The SMILES string of the molecule is CCN(CC)CCSc1nnc(Cn2cnc3sc4c(c3c2=O)CCC4)o1. The molecule has 0 aromatic carbocycles. The summed E-state index contributed by atoms with van der Waals surface area (Å²) in [6, 6.07) is 0. The van der Waals surface area contributed by atoms with Gasteiger partial charge in [0.2, 0.25) is 5.89 Å². The maximum Gasteiger partial charge on any atom is 0.276 e. The molecule has 4 rings (SSSR count). The van der Waals surface area contributed by atoms with Crippen LogP contribution < -0.4 is 5.56 Å². The van der Waals surface area contributed by atoms with Crippen molar-refractivity contribution in [3.8, 4) is 0 Å². The molecule has 0 saturated carbocycles. The fourth-order valence-electron chi connectivity index (χ4n) is 3.44. The molecule has 0 unspecified atom stereocenters. The predicted molar refractivity (Wildman–Crippen MR) is 108 cm³/mol. The van der Waals surface area contributed by atoms with Crippen molar-refractivity contribution < 1.29 is 4.42 Å². The van der Waals surface area contributed by atoms with E-state index in [2.05, 4.69) is 33.9 Å². The minimum absolute atomic E-state index is 0.00617. The Labute approximate surface area is 165 Å². The number of aryl methyl sites for hydroxylation is 2. The largest absolute Gasteiger partial charge is 0.414 e. The van der Waals surface area contributed by atoms with Gasteiger partial charge in [-0.05, 0) is 37.9 Å². The van der Waals surface area contributed by atoms with Crippen molar-refractivity contribution in [2.24, 2.45) is 0 Å². The van der Waals surface area contributed by atoms with Gasteiger partial charge < -0.3 is 9.32 Å². The van der Waals surface area contributed by atoms with E-state index in [1.165, 1.54) is 10.4 Å². The molecule has 27 heavy (non-hydrogen) atoms. The molecule has 9 heteroatoms. The fourth-order valence-corrected chi connectivity index (χ4v) is 5.44. The molecule has 0 N–H and O–H groups in total. The molecular weight excluding hydrogens is 382 g/mol. The van der Waals surface area contributed by atoms with Gasteiger partial charge >= 0.3 is 0 Å². The van der Waals surface area contributed by atoms with Crippen LogP contribution >= 0.6 is 23.1 Å². The number of thioether (sulfide) groups is 1. The van der Waals surface area contributed by atoms with Gasteiger partial charge in [0.25, 0.3) is 10.8 Å². The first-order valence-corrected chi connectivity index (χ1v) is 11.2. The van der Waals surface area contributed by atoms with Crippen molar-refractivity contribution in [3.63, 3.8) is 0 Å².